The van der Waals surface area contributed by atoms with Crippen molar-refractivity contribution in [3.63, 3.8) is 0 Å². The second kappa shape index (κ2) is 8.33. The summed E-state index contributed by atoms with van der Waals surface area (Å²) < 4.78 is 54.1. The van der Waals surface area contributed by atoms with E-state index < -0.39 is 35.2 Å². The number of alkyl halides is 3. The highest BCUT2D eigenvalue weighted by molar-refractivity contribution is 5.95. The first-order valence-electron chi connectivity index (χ1n) is 10.6. The van der Waals surface area contributed by atoms with Crippen LogP contribution in [0.2, 0.25) is 0 Å². The van der Waals surface area contributed by atoms with Gasteiger partial charge in [-0.25, -0.2) is 4.79 Å². The molecule has 2 aromatic rings. The third kappa shape index (κ3) is 3.35. The lowest BCUT2D eigenvalue weighted by Gasteiger charge is -2.48. The van der Waals surface area contributed by atoms with Gasteiger partial charge in [-0.3, -0.25) is 4.79 Å². The van der Waals surface area contributed by atoms with Crippen molar-refractivity contribution in [2.75, 3.05) is 14.2 Å². The van der Waals surface area contributed by atoms with E-state index in [0.29, 0.717) is 18.4 Å². The number of hydrogen-bond donors (Lipinski definition) is 0. The number of hydrogen-bond acceptors (Lipinski definition) is 4. The third-order valence-corrected chi connectivity index (χ3v) is 6.76. The van der Waals surface area contributed by atoms with Gasteiger partial charge in [-0.15, -0.1) is 0 Å². The number of esters is 1. The molecule has 8 heteroatoms. The Morgan fingerprint density at radius 3 is 2.15 bits per heavy atom. The second-order valence-corrected chi connectivity index (χ2v) is 8.23. The number of ether oxygens (including phenoxy) is 2. The summed E-state index contributed by atoms with van der Waals surface area (Å²) >= 11 is 0. The van der Waals surface area contributed by atoms with Crippen molar-refractivity contribution in [3.8, 4) is 0 Å². The van der Waals surface area contributed by atoms with Gasteiger partial charge in [0.25, 0.3) is 11.5 Å². The lowest BCUT2D eigenvalue weighted by Crippen LogP contribution is -2.63. The molecule has 0 radical (unpaired) electrons. The number of rotatable bonds is 5. The molecule has 1 fully saturated rings. The average molecular weight is 459 g/mol. The van der Waals surface area contributed by atoms with E-state index in [1.165, 1.54) is 36.3 Å². The molecule has 2 aromatic carbocycles. The zero-order chi connectivity index (χ0) is 23.9. The first-order chi connectivity index (χ1) is 15.7. The van der Waals surface area contributed by atoms with Gasteiger partial charge in [0, 0.05) is 12.7 Å². The van der Waals surface area contributed by atoms with Gasteiger partial charge in [0.15, 0.2) is 0 Å². The number of methoxy groups -OCH3 is 2. The lowest BCUT2D eigenvalue weighted by atomic mass is 9.80. The maximum atomic E-state index is 14.7. The van der Waals surface area contributed by atoms with Crippen molar-refractivity contribution >= 4 is 11.9 Å². The first kappa shape index (κ1) is 23.0. The van der Waals surface area contributed by atoms with E-state index in [9.17, 15) is 22.8 Å². The number of carbonyl (C=O) groups excluding carboxylic acids is 2. The molecule has 2 aliphatic rings. The maximum absolute atomic E-state index is 14.7. The Morgan fingerprint density at radius 2 is 1.61 bits per heavy atom. The average Bonchev–Trinajstić information content (AvgIpc) is 3.09. The second-order valence-electron chi connectivity index (χ2n) is 8.23. The van der Waals surface area contributed by atoms with Gasteiger partial charge in [-0.2, -0.15) is 13.2 Å². The number of carbonyl (C=O) groups is 2. The van der Waals surface area contributed by atoms with E-state index in [1.54, 1.807) is 42.5 Å². The number of amides is 1. The van der Waals surface area contributed by atoms with Gasteiger partial charge in [0.1, 0.15) is 0 Å². The van der Waals surface area contributed by atoms with Gasteiger partial charge >= 0.3 is 12.1 Å². The zero-order valence-electron chi connectivity index (χ0n) is 18.3. The molecule has 4 rings (SSSR count). The van der Waals surface area contributed by atoms with Gasteiger partial charge < -0.3 is 14.4 Å². The summed E-state index contributed by atoms with van der Waals surface area (Å²) in [5, 5.41) is 0. The van der Waals surface area contributed by atoms with E-state index in [2.05, 4.69) is 0 Å². The van der Waals surface area contributed by atoms with Crippen LogP contribution in [0.4, 0.5) is 13.2 Å². The molecule has 2 heterocycles. The maximum Gasteiger partial charge on any atom is 0.430 e. The van der Waals surface area contributed by atoms with Crippen LogP contribution in [0.25, 0.3) is 0 Å². The molecule has 2 bridgehead atoms. The van der Waals surface area contributed by atoms with Gasteiger partial charge in [-0.1, -0.05) is 66.7 Å². The smallest absolute Gasteiger partial charge is 0.430 e. The van der Waals surface area contributed by atoms with Crippen molar-refractivity contribution in [2.45, 2.75) is 42.6 Å². The van der Waals surface area contributed by atoms with Crippen LogP contribution in [0.3, 0.4) is 0 Å². The van der Waals surface area contributed by atoms with Crippen LogP contribution >= 0.6 is 0 Å². The topological polar surface area (TPSA) is 55.8 Å². The standard InChI is InChI=1S/C25H24F3NO4/c1-32-21(30)19-13-15-23(17-9-5-3-6-10-17)16-14-20(19)29(23)22(31)24(33-2,25(26,27)28)18-11-7-4-8-12-18/h3-13,20H,14-16H2,1-2H3/t20-,23-,24+/m1/s1. The van der Waals surface area contributed by atoms with E-state index in [1.807, 2.05) is 0 Å². The molecule has 33 heavy (non-hydrogen) atoms. The van der Waals surface area contributed by atoms with E-state index in [-0.39, 0.29) is 17.6 Å². The highest BCUT2D eigenvalue weighted by atomic mass is 19.4. The Hall–Kier alpha value is -3.13. The molecule has 0 spiro atoms. The Labute approximate surface area is 189 Å². The van der Waals surface area contributed by atoms with Crippen LogP contribution in [0.15, 0.2) is 72.3 Å². The minimum Gasteiger partial charge on any atom is -0.466 e. The van der Waals surface area contributed by atoms with Crippen LogP contribution in [-0.4, -0.2) is 43.2 Å². The molecule has 0 saturated carbocycles. The minimum absolute atomic E-state index is 0.190. The lowest BCUT2D eigenvalue weighted by molar-refractivity contribution is -0.272. The molecule has 0 unspecified atom stereocenters. The van der Waals surface area contributed by atoms with Crippen LogP contribution in [-0.2, 0) is 30.2 Å². The van der Waals surface area contributed by atoms with E-state index in [4.69, 9.17) is 9.47 Å². The zero-order valence-corrected chi connectivity index (χ0v) is 18.3. The molecule has 1 saturated heterocycles. The summed E-state index contributed by atoms with van der Waals surface area (Å²) in [7, 11) is 2.10. The third-order valence-electron chi connectivity index (χ3n) is 6.76. The van der Waals surface area contributed by atoms with Crippen LogP contribution in [0.5, 0.6) is 0 Å². The molecule has 174 valence electrons. The molecule has 1 amide bonds. The summed E-state index contributed by atoms with van der Waals surface area (Å²) in [4.78, 5) is 27.8. The number of halogens is 3. The molecular weight excluding hydrogens is 435 g/mol. The van der Waals surface area contributed by atoms with Crippen molar-refractivity contribution in [1.29, 1.82) is 0 Å². The Kier molecular flexibility index (Phi) is 5.82. The highest BCUT2D eigenvalue weighted by Gasteiger charge is 2.68. The predicted molar refractivity (Wildman–Crippen MR) is 114 cm³/mol. The fourth-order valence-electron chi connectivity index (χ4n) is 5.23. The molecule has 5 nitrogen and oxygen atoms in total. The quantitative estimate of drug-likeness (QED) is 0.619. The summed E-state index contributed by atoms with van der Waals surface area (Å²) in [5.41, 5.74) is -3.68. The molecule has 0 aliphatic carbocycles. The van der Waals surface area contributed by atoms with Crippen molar-refractivity contribution < 1.29 is 32.2 Å². The summed E-state index contributed by atoms with van der Waals surface area (Å²) in [6.07, 6.45) is -2.45. The molecule has 2 aliphatic heterocycles. The van der Waals surface area contributed by atoms with Crippen molar-refractivity contribution in [1.82, 2.24) is 4.90 Å². The summed E-state index contributed by atoms with van der Waals surface area (Å²) in [6, 6.07) is 15.0. The van der Waals surface area contributed by atoms with Crippen LogP contribution in [0, 0.1) is 0 Å². The Morgan fingerprint density at radius 1 is 1.00 bits per heavy atom. The summed E-state index contributed by atoms with van der Waals surface area (Å²) in [5.74, 6) is -1.90. The monoisotopic (exact) mass is 459 g/mol. The number of nitrogens with zero attached hydrogens (tertiary/aromatic N) is 1. The largest absolute Gasteiger partial charge is 0.466 e. The highest BCUT2D eigenvalue weighted by Crippen LogP contribution is 2.54. The fourth-order valence-corrected chi connectivity index (χ4v) is 5.23. The van der Waals surface area contributed by atoms with Crippen LogP contribution < -0.4 is 0 Å². The van der Waals surface area contributed by atoms with Crippen LogP contribution in [0.1, 0.15) is 30.4 Å². The van der Waals surface area contributed by atoms with Gasteiger partial charge in [-0.05, 0) is 24.8 Å². The Balaban J connectivity index is 1.94. The molecular formula is C25H24F3NO4. The predicted octanol–water partition coefficient (Wildman–Crippen LogP) is 4.48. The Bertz CT molecular complexity index is 1070. The molecule has 0 aromatic heterocycles. The molecule has 3 atom stereocenters. The van der Waals surface area contributed by atoms with Gasteiger partial charge in [0.2, 0.25) is 0 Å². The van der Waals surface area contributed by atoms with Crippen molar-refractivity contribution in [3.05, 3.63) is 83.4 Å². The summed E-state index contributed by atoms with van der Waals surface area (Å²) in [6.45, 7) is 0. The van der Waals surface area contributed by atoms with E-state index >= 15 is 0 Å². The SMILES string of the molecule is COC(=O)C1=CC[C@]2(c3ccccc3)CC[C@H]1N2C(=O)[C@@](OC)(c1ccccc1)C(F)(F)F. The number of benzene rings is 2. The van der Waals surface area contributed by atoms with E-state index in [0.717, 1.165) is 7.11 Å². The molecule has 0 N–H and O–H groups in total. The normalized spacial score (nSPS) is 24.1. The van der Waals surface area contributed by atoms with Crippen molar-refractivity contribution in [2.24, 2.45) is 0 Å². The fraction of sp³-hybridized carbons (Fsp3) is 0.360. The van der Waals surface area contributed by atoms with Gasteiger partial charge in [0.05, 0.1) is 24.3 Å². The minimum atomic E-state index is -5.05. The number of fused-ring (bicyclic) bond motifs is 2. The first-order valence-corrected chi connectivity index (χ1v) is 10.6.